The summed E-state index contributed by atoms with van der Waals surface area (Å²) in [5, 5.41) is 11.9. The Labute approximate surface area is 126 Å². The summed E-state index contributed by atoms with van der Waals surface area (Å²) in [4.78, 5) is 16.8. The molecule has 2 heterocycles. The largest absolute Gasteiger partial charge is 0.370 e. The van der Waals surface area contributed by atoms with Gasteiger partial charge in [-0.3, -0.25) is 4.79 Å². The zero-order valence-corrected chi connectivity index (χ0v) is 12.4. The molecule has 3 rings (SSSR count). The van der Waals surface area contributed by atoms with Gasteiger partial charge in [0.05, 0.1) is 5.69 Å². The van der Waals surface area contributed by atoms with Crippen molar-refractivity contribution in [3.8, 4) is 0 Å². The number of pyridine rings is 1. The number of aromatic nitrogens is 1. The Balaban J connectivity index is 2.00. The van der Waals surface area contributed by atoms with Crippen LogP contribution in [0.5, 0.6) is 0 Å². The van der Waals surface area contributed by atoms with Crippen LogP contribution in [-0.4, -0.2) is 17.4 Å². The van der Waals surface area contributed by atoms with Crippen LogP contribution in [-0.2, 0) is 0 Å². The molecule has 21 heavy (non-hydrogen) atoms. The van der Waals surface area contributed by atoms with Crippen LogP contribution in [0.2, 0.25) is 0 Å². The molecule has 2 N–H and O–H groups in total. The third-order valence-electron chi connectivity index (χ3n) is 3.10. The molecular formula is C16H15N3OS. The highest BCUT2D eigenvalue weighted by atomic mass is 32.1. The number of amides is 1. The van der Waals surface area contributed by atoms with Crippen molar-refractivity contribution in [3.63, 3.8) is 0 Å². The molecule has 1 amide bonds. The van der Waals surface area contributed by atoms with Crippen molar-refractivity contribution in [2.75, 3.05) is 17.2 Å². The summed E-state index contributed by atoms with van der Waals surface area (Å²) >= 11 is 1.54. The normalized spacial score (nSPS) is 10.5. The molecule has 1 aromatic carbocycles. The Morgan fingerprint density at radius 3 is 2.90 bits per heavy atom. The maximum atomic E-state index is 12.3. The molecule has 0 aliphatic carbocycles. The third kappa shape index (κ3) is 2.87. The molecule has 2 aromatic heterocycles. The first-order valence-electron chi connectivity index (χ1n) is 6.75. The number of carbonyl (C=O) groups excluding carboxylic acids is 1. The van der Waals surface area contributed by atoms with Gasteiger partial charge in [-0.15, -0.1) is 0 Å². The average molecular weight is 297 g/mol. The lowest BCUT2D eigenvalue weighted by molar-refractivity contribution is 0.102. The summed E-state index contributed by atoms with van der Waals surface area (Å²) in [5.74, 6) is 0.546. The molecule has 0 aliphatic rings. The number of carbonyl (C=O) groups is 1. The van der Waals surface area contributed by atoms with Gasteiger partial charge in [0.15, 0.2) is 0 Å². The van der Waals surface area contributed by atoms with Gasteiger partial charge in [-0.05, 0) is 29.8 Å². The third-order valence-corrected chi connectivity index (χ3v) is 3.78. The molecular weight excluding hydrogens is 282 g/mol. The summed E-state index contributed by atoms with van der Waals surface area (Å²) in [7, 11) is 0. The Kier molecular flexibility index (Phi) is 3.83. The van der Waals surface area contributed by atoms with Crippen molar-refractivity contribution in [2.45, 2.75) is 6.92 Å². The minimum Gasteiger partial charge on any atom is -0.370 e. The predicted molar refractivity (Wildman–Crippen MR) is 88.2 cm³/mol. The Bertz CT molecular complexity index is 768. The zero-order chi connectivity index (χ0) is 14.7. The van der Waals surface area contributed by atoms with Crippen LogP contribution in [0.25, 0.3) is 10.8 Å². The van der Waals surface area contributed by atoms with E-state index in [1.165, 1.54) is 0 Å². The molecule has 0 unspecified atom stereocenters. The quantitative estimate of drug-likeness (QED) is 0.766. The van der Waals surface area contributed by atoms with Crippen LogP contribution in [0.4, 0.5) is 11.5 Å². The van der Waals surface area contributed by atoms with Crippen molar-refractivity contribution in [1.29, 1.82) is 0 Å². The number of hydrogen-bond donors (Lipinski definition) is 2. The van der Waals surface area contributed by atoms with Crippen LogP contribution in [0, 0.1) is 0 Å². The van der Waals surface area contributed by atoms with E-state index in [1.54, 1.807) is 11.3 Å². The predicted octanol–water partition coefficient (Wildman–Crippen LogP) is 3.98. The minimum absolute atomic E-state index is 0.196. The van der Waals surface area contributed by atoms with Crippen molar-refractivity contribution in [3.05, 3.63) is 52.9 Å². The van der Waals surface area contributed by atoms with E-state index >= 15 is 0 Å². The van der Waals surface area contributed by atoms with Crippen LogP contribution in [0.15, 0.2) is 47.2 Å². The van der Waals surface area contributed by atoms with E-state index in [0.29, 0.717) is 5.69 Å². The summed E-state index contributed by atoms with van der Waals surface area (Å²) in [6.45, 7) is 2.77. The van der Waals surface area contributed by atoms with Gasteiger partial charge >= 0.3 is 0 Å². The number of thiophene rings is 1. The first-order valence-corrected chi connectivity index (χ1v) is 7.69. The fraction of sp³-hybridized carbons (Fsp3) is 0.125. The molecule has 3 aromatic rings. The van der Waals surface area contributed by atoms with Gasteiger partial charge in [-0.1, -0.05) is 24.3 Å². The number of rotatable bonds is 4. The molecule has 106 valence electrons. The average Bonchev–Trinajstić information content (AvgIpc) is 3.00. The molecule has 4 nitrogen and oxygen atoms in total. The summed E-state index contributed by atoms with van der Waals surface area (Å²) < 4.78 is 0. The lowest BCUT2D eigenvalue weighted by Gasteiger charge is -2.10. The molecule has 0 fully saturated rings. The van der Waals surface area contributed by atoms with Gasteiger partial charge in [0.2, 0.25) is 0 Å². The van der Waals surface area contributed by atoms with Crippen molar-refractivity contribution >= 4 is 39.5 Å². The molecule has 0 atom stereocenters. The van der Waals surface area contributed by atoms with Crippen LogP contribution in [0.3, 0.4) is 0 Å². The fourth-order valence-electron chi connectivity index (χ4n) is 2.15. The Hall–Kier alpha value is -2.40. The molecule has 0 saturated carbocycles. The molecule has 0 saturated heterocycles. The number of benzene rings is 1. The molecule has 0 radical (unpaired) electrons. The topological polar surface area (TPSA) is 54.0 Å². The first-order chi connectivity index (χ1) is 10.3. The smallest absolute Gasteiger partial charge is 0.274 e. The second-order valence-corrected chi connectivity index (χ2v) is 5.35. The van der Waals surface area contributed by atoms with E-state index in [4.69, 9.17) is 0 Å². The van der Waals surface area contributed by atoms with Crippen molar-refractivity contribution in [1.82, 2.24) is 4.98 Å². The van der Waals surface area contributed by atoms with Crippen LogP contribution >= 0.6 is 11.3 Å². The van der Waals surface area contributed by atoms with E-state index in [9.17, 15) is 4.79 Å². The van der Waals surface area contributed by atoms with Gasteiger partial charge < -0.3 is 10.6 Å². The van der Waals surface area contributed by atoms with Gasteiger partial charge in [-0.25, -0.2) is 4.98 Å². The zero-order valence-electron chi connectivity index (χ0n) is 11.6. The van der Waals surface area contributed by atoms with E-state index in [-0.39, 0.29) is 5.91 Å². The maximum absolute atomic E-state index is 12.3. The highest BCUT2D eigenvalue weighted by molar-refractivity contribution is 7.08. The van der Waals surface area contributed by atoms with Crippen LogP contribution < -0.4 is 10.6 Å². The summed E-state index contributed by atoms with van der Waals surface area (Å²) in [6.07, 6.45) is 0. The minimum atomic E-state index is -0.196. The molecule has 0 bridgehead atoms. The number of fused-ring (bicyclic) bond motifs is 1. The summed E-state index contributed by atoms with van der Waals surface area (Å²) in [5.41, 5.74) is 1.21. The van der Waals surface area contributed by atoms with Crippen molar-refractivity contribution in [2.24, 2.45) is 0 Å². The van der Waals surface area contributed by atoms with Gasteiger partial charge in [0.1, 0.15) is 11.5 Å². The van der Waals surface area contributed by atoms with E-state index in [1.807, 2.05) is 54.1 Å². The lowest BCUT2D eigenvalue weighted by Crippen LogP contribution is -2.14. The SMILES string of the molecule is CCNc1nc(C(=O)Nc2ccsc2)cc2ccccc12. The van der Waals surface area contributed by atoms with Gasteiger partial charge in [0, 0.05) is 17.3 Å². The fourth-order valence-corrected chi connectivity index (χ4v) is 2.74. The van der Waals surface area contributed by atoms with E-state index in [0.717, 1.165) is 28.8 Å². The summed E-state index contributed by atoms with van der Waals surface area (Å²) in [6, 6.07) is 11.6. The second-order valence-electron chi connectivity index (χ2n) is 4.57. The maximum Gasteiger partial charge on any atom is 0.274 e. The van der Waals surface area contributed by atoms with Crippen LogP contribution in [0.1, 0.15) is 17.4 Å². The van der Waals surface area contributed by atoms with E-state index < -0.39 is 0 Å². The molecule has 0 spiro atoms. The molecule has 5 heteroatoms. The van der Waals surface area contributed by atoms with E-state index in [2.05, 4.69) is 15.6 Å². The van der Waals surface area contributed by atoms with Gasteiger partial charge in [-0.2, -0.15) is 11.3 Å². The first kappa shape index (κ1) is 13.6. The second kappa shape index (κ2) is 5.93. The number of hydrogen-bond acceptors (Lipinski definition) is 4. The van der Waals surface area contributed by atoms with Gasteiger partial charge in [0.25, 0.3) is 5.91 Å². The monoisotopic (exact) mass is 297 g/mol. The Morgan fingerprint density at radius 1 is 1.29 bits per heavy atom. The standard InChI is InChI=1S/C16H15N3OS/c1-2-17-15-13-6-4-3-5-11(13)9-14(19-15)16(20)18-12-7-8-21-10-12/h3-10H,2H2,1H3,(H,17,19)(H,18,20). The highest BCUT2D eigenvalue weighted by Gasteiger charge is 2.12. The number of anilines is 2. The lowest BCUT2D eigenvalue weighted by atomic mass is 10.1. The molecule has 0 aliphatic heterocycles. The van der Waals surface area contributed by atoms with Crippen molar-refractivity contribution < 1.29 is 4.79 Å². The number of nitrogens with one attached hydrogen (secondary N) is 2. The highest BCUT2D eigenvalue weighted by Crippen LogP contribution is 2.23. The number of nitrogens with zero attached hydrogens (tertiary/aromatic N) is 1. The Morgan fingerprint density at radius 2 is 2.14 bits per heavy atom.